The van der Waals surface area contributed by atoms with Crippen LogP contribution in [0.4, 0.5) is 5.69 Å². The van der Waals surface area contributed by atoms with E-state index >= 15 is 0 Å². The van der Waals surface area contributed by atoms with Gasteiger partial charge in [0.15, 0.2) is 11.5 Å². The second-order valence-corrected chi connectivity index (χ2v) is 14.2. The summed E-state index contributed by atoms with van der Waals surface area (Å²) in [4.78, 5) is 29.5. The van der Waals surface area contributed by atoms with E-state index in [0.717, 1.165) is 41.1 Å². The third-order valence-electron chi connectivity index (χ3n) is 8.19. The molecule has 0 spiro atoms. The molecule has 3 aromatic rings. The lowest BCUT2D eigenvalue weighted by atomic mass is 10.1. The van der Waals surface area contributed by atoms with E-state index < -0.39 is 28.5 Å². The largest absolute Gasteiger partial charge is 0.493 e. The Morgan fingerprint density at radius 3 is 2.11 bits per heavy atom. The van der Waals surface area contributed by atoms with E-state index in [2.05, 4.69) is 5.32 Å². The van der Waals surface area contributed by atoms with Crippen molar-refractivity contribution in [2.75, 3.05) is 25.1 Å². The zero-order valence-corrected chi connectivity index (χ0v) is 29.1. The second kappa shape index (κ2) is 15.4. The molecule has 1 saturated carbocycles. The molecule has 9 nitrogen and oxygen atoms in total. The molecule has 12 heteroatoms. The Kier molecular flexibility index (Phi) is 11.9. The van der Waals surface area contributed by atoms with Crippen molar-refractivity contribution in [1.29, 1.82) is 0 Å². The molecular weight excluding hydrogens is 649 g/mol. The number of carbonyl (C=O) groups is 2. The first kappa shape index (κ1) is 35.4. The number of carbonyl (C=O) groups excluding carboxylic acids is 2. The average molecular weight is 691 g/mol. The molecular formula is C34H41Cl2N3O6S. The lowest BCUT2D eigenvalue weighted by Crippen LogP contribution is -2.53. The van der Waals surface area contributed by atoms with Crippen LogP contribution in [-0.4, -0.2) is 58.0 Å². The number of hydrogen-bond acceptors (Lipinski definition) is 6. The van der Waals surface area contributed by atoms with Crippen molar-refractivity contribution in [2.24, 2.45) is 0 Å². The maximum Gasteiger partial charge on any atom is 0.264 e. The maximum atomic E-state index is 14.5. The monoisotopic (exact) mass is 689 g/mol. The van der Waals surface area contributed by atoms with Gasteiger partial charge in [-0.05, 0) is 80.6 Å². The number of anilines is 1. The van der Waals surface area contributed by atoms with E-state index in [0.29, 0.717) is 33.5 Å². The van der Waals surface area contributed by atoms with Crippen LogP contribution in [0.25, 0.3) is 0 Å². The molecule has 0 saturated heterocycles. The molecule has 1 N–H and O–H groups in total. The number of halogens is 2. The molecule has 0 radical (unpaired) electrons. The Balaban J connectivity index is 1.80. The molecule has 1 aliphatic rings. The highest BCUT2D eigenvalue weighted by molar-refractivity contribution is 7.92. The van der Waals surface area contributed by atoms with Gasteiger partial charge in [-0.3, -0.25) is 13.9 Å². The standard InChI is InChI=1S/C34H41Cl2N3O6S/c1-6-30(34(41)37-24-10-7-8-11-24)38(20-27-28(35)12-9-13-29(27)36)33(40)21-39(25-17-22(2)16-23(3)18-25)46(42,43)26-14-15-31(44-4)32(19-26)45-5/h9,12-19,24,30H,6-8,10-11,20-21H2,1-5H3,(H,37,41)/t30-/m0/s1. The van der Waals surface area contributed by atoms with Gasteiger partial charge in [-0.2, -0.15) is 0 Å². The molecule has 248 valence electrons. The van der Waals surface area contributed by atoms with Crippen LogP contribution in [0.5, 0.6) is 11.5 Å². The van der Waals surface area contributed by atoms with Crippen molar-refractivity contribution < 1.29 is 27.5 Å². The third kappa shape index (κ3) is 8.08. The summed E-state index contributed by atoms with van der Waals surface area (Å²) in [6.07, 6.45) is 4.09. The molecule has 4 rings (SSSR count). The van der Waals surface area contributed by atoms with Crippen molar-refractivity contribution in [1.82, 2.24) is 10.2 Å². The number of rotatable bonds is 13. The lowest BCUT2D eigenvalue weighted by molar-refractivity contribution is -0.140. The van der Waals surface area contributed by atoms with Crippen molar-refractivity contribution in [2.45, 2.75) is 76.4 Å². The summed E-state index contributed by atoms with van der Waals surface area (Å²) in [6.45, 7) is 4.84. The number of benzene rings is 3. The summed E-state index contributed by atoms with van der Waals surface area (Å²) >= 11 is 13.1. The van der Waals surface area contributed by atoms with Gasteiger partial charge in [0.05, 0.1) is 24.8 Å². The molecule has 0 bridgehead atoms. The molecule has 0 unspecified atom stereocenters. The highest BCUT2D eigenvalue weighted by Crippen LogP contribution is 2.34. The van der Waals surface area contributed by atoms with Gasteiger partial charge >= 0.3 is 0 Å². The summed E-state index contributed by atoms with van der Waals surface area (Å²) in [7, 11) is -1.46. The number of ether oxygens (including phenoxy) is 2. The van der Waals surface area contributed by atoms with E-state index in [1.807, 2.05) is 26.8 Å². The van der Waals surface area contributed by atoms with Gasteiger partial charge in [0.1, 0.15) is 12.6 Å². The Morgan fingerprint density at radius 1 is 0.935 bits per heavy atom. The summed E-state index contributed by atoms with van der Waals surface area (Å²) in [6, 6.07) is 13.7. The van der Waals surface area contributed by atoms with Crippen molar-refractivity contribution in [3.05, 3.63) is 81.3 Å². The fraction of sp³-hybridized carbons (Fsp3) is 0.412. The number of nitrogens with zero attached hydrogens (tertiary/aromatic N) is 2. The van der Waals surface area contributed by atoms with E-state index in [1.165, 1.54) is 37.3 Å². The molecule has 0 aliphatic heterocycles. The second-order valence-electron chi connectivity index (χ2n) is 11.5. The quantitative estimate of drug-likeness (QED) is 0.214. The first-order valence-corrected chi connectivity index (χ1v) is 17.4. The van der Waals surface area contributed by atoms with Crippen molar-refractivity contribution in [3.63, 3.8) is 0 Å². The van der Waals surface area contributed by atoms with Gasteiger partial charge in [-0.25, -0.2) is 8.42 Å². The van der Waals surface area contributed by atoms with Crippen LogP contribution in [-0.2, 0) is 26.2 Å². The van der Waals surface area contributed by atoms with Gasteiger partial charge in [0, 0.05) is 34.3 Å². The fourth-order valence-corrected chi connectivity index (χ4v) is 7.80. The Hall–Kier alpha value is -3.47. The first-order chi connectivity index (χ1) is 21.9. The number of sulfonamides is 1. The van der Waals surface area contributed by atoms with Gasteiger partial charge in [-0.15, -0.1) is 0 Å². The number of aryl methyl sites for hydroxylation is 2. The predicted octanol–water partition coefficient (Wildman–Crippen LogP) is 6.69. The smallest absolute Gasteiger partial charge is 0.264 e. The molecule has 2 amide bonds. The van der Waals surface area contributed by atoms with E-state index in [9.17, 15) is 18.0 Å². The van der Waals surface area contributed by atoms with Gasteiger partial charge in [-0.1, -0.05) is 55.1 Å². The van der Waals surface area contributed by atoms with E-state index in [1.54, 1.807) is 30.3 Å². The fourth-order valence-electron chi connectivity index (χ4n) is 5.87. The average Bonchev–Trinajstić information content (AvgIpc) is 3.53. The zero-order valence-electron chi connectivity index (χ0n) is 26.8. The summed E-state index contributed by atoms with van der Waals surface area (Å²) in [5.74, 6) is -0.309. The van der Waals surface area contributed by atoms with Crippen LogP contribution in [0, 0.1) is 13.8 Å². The summed E-state index contributed by atoms with van der Waals surface area (Å²) in [5, 5.41) is 3.77. The first-order valence-electron chi connectivity index (χ1n) is 15.2. The SMILES string of the molecule is CC[C@@H](C(=O)NC1CCCC1)N(Cc1c(Cl)cccc1Cl)C(=O)CN(c1cc(C)cc(C)c1)S(=O)(=O)c1ccc(OC)c(OC)c1. The topological polar surface area (TPSA) is 105 Å². The van der Waals surface area contributed by atoms with Crippen LogP contribution < -0.4 is 19.1 Å². The van der Waals surface area contributed by atoms with E-state index in [4.69, 9.17) is 32.7 Å². The lowest BCUT2D eigenvalue weighted by Gasteiger charge is -2.34. The molecule has 3 aromatic carbocycles. The van der Waals surface area contributed by atoms with E-state index in [-0.39, 0.29) is 29.1 Å². The van der Waals surface area contributed by atoms with Gasteiger partial charge in [0.25, 0.3) is 10.0 Å². The van der Waals surface area contributed by atoms with Gasteiger partial charge in [0.2, 0.25) is 11.8 Å². The van der Waals surface area contributed by atoms with Crippen molar-refractivity contribution in [3.8, 4) is 11.5 Å². The number of methoxy groups -OCH3 is 2. The Labute approximate surface area is 281 Å². The van der Waals surface area contributed by atoms with Gasteiger partial charge < -0.3 is 19.7 Å². The number of hydrogen-bond donors (Lipinski definition) is 1. The molecule has 1 fully saturated rings. The maximum absolute atomic E-state index is 14.5. The molecule has 0 aromatic heterocycles. The highest BCUT2D eigenvalue weighted by atomic mass is 35.5. The molecule has 46 heavy (non-hydrogen) atoms. The normalized spacial score (nSPS) is 14.1. The Bertz CT molecular complexity index is 1640. The van der Waals surface area contributed by atoms with Crippen molar-refractivity contribution >= 4 is 50.7 Å². The Morgan fingerprint density at radius 2 is 1.54 bits per heavy atom. The van der Waals surface area contributed by atoms with Crippen LogP contribution in [0.1, 0.15) is 55.7 Å². The molecule has 0 heterocycles. The number of amides is 2. The number of nitrogens with one attached hydrogen (secondary N) is 1. The van der Waals surface area contributed by atoms with Crippen LogP contribution in [0.2, 0.25) is 10.0 Å². The minimum absolute atomic E-state index is 0.0274. The zero-order chi connectivity index (χ0) is 33.6. The predicted molar refractivity (Wildman–Crippen MR) is 181 cm³/mol. The third-order valence-corrected chi connectivity index (χ3v) is 10.7. The molecule has 1 aliphatic carbocycles. The highest BCUT2D eigenvalue weighted by Gasteiger charge is 2.35. The van der Waals surface area contributed by atoms with Crippen LogP contribution in [0.15, 0.2) is 59.5 Å². The minimum Gasteiger partial charge on any atom is -0.493 e. The summed E-state index contributed by atoms with van der Waals surface area (Å²) in [5.41, 5.74) is 2.40. The van der Waals surface area contributed by atoms with Crippen LogP contribution in [0.3, 0.4) is 0 Å². The molecule has 1 atom stereocenters. The minimum atomic E-state index is -4.34. The summed E-state index contributed by atoms with van der Waals surface area (Å²) < 4.78 is 40.5. The van der Waals surface area contributed by atoms with Crippen LogP contribution >= 0.6 is 23.2 Å².